The molecular weight excluding hydrogens is 367 g/mol. The van der Waals surface area contributed by atoms with Gasteiger partial charge in [0.05, 0.1) is 12.8 Å². The van der Waals surface area contributed by atoms with Gasteiger partial charge in [0.2, 0.25) is 15.2 Å². The van der Waals surface area contributed by atoms with Crippen LogP contribution >= 0.6 is 11.3 Å². The third kappa shape index (κ3) is 4.03. The Bertz CT molecular complexity index is 955. The largest absolute Gasteiger partial charge is 0.495 e. The van der Waals surface area contributed by atoms with Gasteiger partial charge in [-0.3, -0.25) is 0 Å². The number of hydrogen-bond acceptors (Lipinski definition) is 6. The third-order valence-corrected chi connectivity index (χ3v) is 5.69. The molecule has 0 saturated heterocycles. The summed E-state index contributed by atoms with van der Waals surface area (Å²) in [6, 6.07) is 5.14. The van der Waals surface area contributed by atoms with E-state index in [4.69, 9.17) is 4.74 Å². The standard InChI is InChI=1S/C15H15FN4O3S2/c1-23-13-4-3-11(16)9-14(13)25(21,22)18-7-5-12-10-24-15(19-12)20-8-2-6-17-20/h2-4,6,8-10,18H,5,7H2,1H3. The first-order chi connectivity index (χ1) is 12.0. The second-order valence-electron chi connectivity index (χ2n) is 5.02. The van der Waals surface area contributed by atoms with Gasteiger partial charge in [-0.05, 0) is 24.3 Å². The number of methoxy groups -OCH3 is 1. The first kappa shape index (κ1) is 17.5. The SMILES string of the molecule is COc1ccc(F)cc1S(=O)(=O)NCCc1csc(-n2cccn2)n1. The van der Waals surface area contributed by atoms with Gasteiger partial charge in [0.15, 0.2) is 0 Å². The summed E-state index contributed by atoms with van der Waals surface area (Å²) in [4.78, 5) is 4.16. The molecule has 2 heterocycles. The minimum atomic E-state index is -3.89. The Morgan fingerprint density at radius 2 is 2.24 bits per heavy atom. The van der Waals surface area contributed by atoms with Crippen molar-refractivity contribution in [1.29, 1.82) is 0 Å². The van der Waals surface area contributed by atoms with Crippen LogP contribution in [0.1, 0.15) is 5.69 Å². The van der Waals surface area contributed by atoms with Crippen LogP contribution in [0.25, 0.3) is 5.13 Å². The second kappa shape index (κ2) is 7.30. The molecule has 0 spiro atoms. The Morgan fingerprint density at radius 1 is 1.40 bits per heavy atom. The van der Waals surface area contributed by atoms with Gasteiger partial charge in [-0.2, -0.15) is 5.10 Å². The minimum Gasteiger partial charge on any atom is -0.495 e. The minimum absolute atomic E-state index is 0.0866. The van der Waals surface area contributed by atoms with Crippen LogP contribution in [0.5, 0.6) is 5.75 Å². The molecule has 10 heteroatoms. The maximum atomic E-state index is 13.4. The maximum Gasteiger partial charge on any atom is 0.244 e. The Kier molecular flexibility index (Phi) is 5.11. The van der Waals surface area contributed by atoms with Crippen molar-refractivity contribution in [1.82, 2.24) is 19.5 Å². The molecule has 0 fully saturated rings. The van der Waals surface area contributed by atoms with E-state index in [2.05, 4.69) is 14.8 Å². The lowest BCUT2D eigenvalue weighted by atomic mass is 10.3. The summed E-state index contributed by atoms with van der Waals surface area (Å²) in [5, 5.41) is 6.63. The fourth-order valence-corrected chi connectivity index (χ4v) is 4.16. The zero-order valence-electron chi connectivity index (χ0n) is 13.2. The number of aromatic nitrogens is 3. The summed E-state index contributed by atoms with van der Waals surface area (Å²) in [6.07, 6.45) is 3.83. The van der Waals surface area contributed by atoms with E-state index in [9.17, 15) is 12.8 Å². The maximum absolute atomic E-state index is 13.4. The predicted octanol–water partition coefficient (Wildman–Crippen LogP) is 2.00. The molecule has 0 bridgehead atoms. The van der Waals surface area contributed by atoms with Crippen LogP contribution in [0.2, 0.25) is 0 Å². The molecule has 0 amide bonds. The highest BCUT2D eigenvalue weighted by atomic mass is 32.2. The van der Waals surface area contributed by atoms with Crippen molar-refractivity contribution in [2.75, 3.05) is 13.7 Å². The van der Waals surface area contributed by atoms with Crippen LogP contribution in [0.4, 0.5) is 4.39 Å². The molecule has 0 radical (unpaired) electrons. The topological polar surface area (TPSA) is 86.1 Å². The average molecular weight is 382 g/mol. The van der Waals surface area contributed by atoms with Crippen LogP contribution in [0.15, 0.2) is 46.9 Å². The zero-order chi connectivity index (χ0) is 17.9. The van der Waals surface area contributed by atoms with Crippen LogP contribution in [-0.2, 0) is 16.4 Å². The van der Waals surface area contributed by atoms with Crippen molar-refractivity contribution in [3.63, 3.8) is 0 Å². The number of rotatable bonds is 7. The number of nitrogens with one attached hydrogen (secondary N) is 1. The molecule has 1 N–H and O–H groups in total. The van der Waals surface area contributed by atoms with Gasteiger partial charge in [0.25, 0.3) is 0 Å². The van der Waals surface area contributed by atoms with Crippen LogP contribution in [-0.4, -0.2) is 36.8 Å². The summed E-state index contributed by atoms with van der Waals surface area (Å²) >= 11 is 1.41. The molecule has 132 valence electrons. The normalized spacial score (nSPS) is 11.6. The fourth-order valence-electron chi connectivity index (χ4n) is 2.15. The number of thiazole rings is 1. The first-order valence-corrected chi connectivity index (χ1v) is 9.63. The fraction of sp³-hybridized carbons (Fsp3) is 0.200. The lowest BCUT2D eigenvalue weighted by molar-refractivity contribution is 0.400. The van der Waals surface area contributed by atoms with E-state index in [-0.39, 0.29) is 17.2 Å². The highest BCUT2D eigenvalue weighted by Crippen LogP contribution is 2.24. The quantitative estimate of drug-likeness (QED) is 0.675. The molecule has 0 aliphatic carbocycles. The highest BCUT2D eigenvalue weighted by molar-refractivity contribution is 7.89. The number of halogens is 1. The number of sulfonamides is 1. The van der Waals surface area contributed by atoms with Crippen molar-refractivity contribution in [2.45, 2.75) is 11.3 Å². The summed E-state index contributed by atoms with van der Waals surface area (Å²) in [5.74, 6) is -0.562. The van der Waals surface area contributed by atoms with Crippen LogP contribution in [0, 0.1) is 5.82 Å². The smallest absolute Gasteiger partial charge is 0.244 e. The van der Waals surface area contributed by atoms with E-state index in [1.54, 1.807) is 23.1 Å². The molecule has 0 atom stereocenters. The second-order valence-corrected chi connectivity index (χ2v) is 7.59. The lowest BCUT2D eigenvalue weighted by Gasteiger charge is -2.10. The summed E-state index contributed by atoms with van der Waals surface area (Å²) < 4.78 is 47.1. The van der Waals surface area contributed by atoms with Crippen LogP contribution in [0.3, 0.4) is 0 Å². The van der Waals surface area contributed by atoms with E-state index < -0.39 is 15.8 Å². The first-order valence-electron chi connectivity index (χ1n) is 7.27. The van der Waals surface area contributed by atoms with Crippen molar-refractivity contribution in [2.24, 2.45) is 0 Å². The number of hydrogen-bond donors (Lipinski definition) is 1. The third-order valence-electron chi connectivity index (χ3n) is 3.33. The van der Waals surface area contributed by atoms with Gasteiger partial charge in [0, 0.05) is 30.7 Å². The van der Waals surface area contributed by atoms with Gasteiger partial charge < -0.3 is 4.74 Å². The monoisotopic (exact) mass is 382 g/mol. The molecule has 0 aliphatic heterocycles. The van der Waals surface area contributed by atoms with Crippen molar-refractivity contribution < 1.29 is 17.5 Å². The van der Waals surface area contributed by atoms with Crippen molar-refractivity contribution >= 4 is 21.4 Å². The summed E-state index contributed by atoms with van der Waals surface area (Å²) in [7, 11) is -2.56. The molecule has 2 aromatic heterocycles. The van der Waals surface area contributed by atoms with E-state index >= 15 is 0 Å². The van der Waals surface area contributed by atoms with E-state index in [1.807, 2.05) is 5.38 Å². The lowest BCUT2D eigenvalue weighted by Crippen LogP contribution is -2.26. The highest BCUT2D eigenvalue weighted by Gasteiger charge is 2.20. The summed E-state index contributed by atoms with van der Waals surface area (Å²) in [6.45, 7) is 0.129. The van der Waals surface area contributed by atoms with E-state index in [1.165, 1.54) is 24.5 Å². The van der Waals surface area contributed by atoms with Crippen LogP contribution < -0.4 is 9.46 Å². The Balaban J connectivity index is 1.66. The van der Waals surface area contributed by atoms with Gasteiger partial charge in [0.1, 0.15) is 16.5 Å². The van der Waals surface area contributed by atoms with Gasteiger partial charge in [-0.15, -0.1) is 11.3 Å². The molecule has 3 aromatic rings. The molecule has 0 unspecified atom stereocenters. The Labute approximate surface area is 148 Å². The molecule has 0 aliphatic rings. The van der Waals surface area contributed by atoms with Gasteiger partial charge >= 0.3 is 0 Å². The number of benzene rings is 1. The van der Waals surface area contributed by atoms with Gasteiger partial charge in [-0.1, -0.05) is 0 Å². The van der Waals surface area contributed by atoms with Crippen molar-refractivity contribution in [3.8, 4) is 10.9 Å². The van der Waals surface area contributed by atoms with E-state index in [0.29, 0.717) is 11.6 Å². The zero-order valence-corrected chi connectivity index (χ0v) is 14.8. The summed E-state index contributed by atoms with van der Waals surface area (Å²) in [5.41, 5.74) is 0.740. The molecular formula is C15H15FN4O3S2. The number of nitrogens with zero attached hydrogens (tertiary/aromatic N) is 3. The molecule has 7 nitrogen and oxygen atoms in total. The molecule has 3 rings (SSSR count). The average Bonchev–Trinajstić information content (AvgIpc) is 3.26. The Morgan fingerprint density at radius 3 is 2.96 bits per heavy atom. The molecule has 0 saturated carbocycles. The molecule has 1 aromatic carbocycles. The van der Waals surface area contributed by atoms with Crippen molar-refractivity contribution in [3.05, 3.63) is 53.6 Å². The molecule has 25 heavy (non-hydrogen) atoms. The van der Waals surface area contributed by atoms with Gasteiger partial charge in [-0.25, -0.2) is 27.2 Å². The van der Waals surface area contributed by atoms with E-state index in [0.717, 1.165) is 17.8 Å². The predicted molar refractivity (Wildman–Crippen MR) is 91.1 cm³/mol. The Hall–Kier alpha value is -2.30. The number of ether oxygens (including phenoxy) is 1.